The van der Waals surface area contributed by atoms with Gasteiger partial charge in [-0.25, -0.2) is 22.8 Å². The summed E-state index contributed by atoms with van der Waals surface area (Å²) in [7, 11) is -0.739. The van der Waals surface area contributed by atoms with Crippen LogP contribution in [-0.4, -0.2) is 47.7 Å². The van der Waals surface area contributed by atoms with E-state index in [0.717, 1.165) is 19.2 Å². The number of nitrogens with one attached hydrogen (secondary N) is 1. The van der Waals surface area contributed by atoms with Crippen LogP contribution in [-0.2, 0) is 24.2 Å². The Morgan fingerprint density at radius 1 is 0.793 bits per heavy atom. The molecular formula is C19H19NO8S. The molecule has 0 aromatic heterocycles. The van der Waals surface area contributed by atoms with Gasteiger partial charge < -0.3 is 14.2 Å². The molecule has 0 saturated heterocycles. The van der Waals surface area contributed by atoms with E-state index in [-0.39, 0.29) is 27.3 Å². The third-order valence-corrected chi connectivity index (χ3v) is 5.38. The van der Waals surface area contributed by atoms with Crippen LogP contribution in [0.25, 0.3) is 0 Å². The van der Waals surface area contributed by atoms with Gasteiger partial charge in [0.1, 0.15) is 0 Å². The molecule has 0 bridgehead atoms. The van der Waals surface area contributed by atoms with Gasteiger partial charge in [-0.3, -0.25) is 4.72 Å². The lowest BCUT2D eigenvalue weighted by Gasteiger charge is -2.14. The number of aryl methyl sites for hydroxylation is 1. The number of esters is 3. The lowest BCUT2D eigenvalue weighted by Crippen LogP contribution is -2.18. The normalized spacial score (nSPS) is 10.8. The van der Waals surface area contributed by atoms with Crippen molar-refractivity contribution in [3.63, 3.8) is 0 Å². The van der Waals surface area contributed by atoms with Crippen LogP contribution in [0.5, 0.6) is 0 Å². The molecule has 9 nitrogen and oxygen atoms in total. The van der Waals surface area contributed by atoms with Crippen molar-refractivity contribution in [3.05, 3.63) is 58.7 Å². The van der Waals surface area contributed by atoms with Crippen LogP contribution in [0.1, 0.15) is 36.6 Å². The molecule has 154 valence electrons. The van der Waals surface area contributed by atoms with E-state index >= 15 is 0 Å². The molecule has 0 radical (unpaired) electrons. The summed E-state index contributed by atoms with van der Waals surface area (Å²) in [5, 5.41) is 0. The molecule has 2 aromatic carbocycles. The molecule has 0 aliphatic heterocycles. The fourth-order valence-electron chi connectivity index (χ4n) is 2.46. The maximum absolute atomic E-state index is 12.9. The van der Waals surface area contributed by atoms with Crippen molar-refractivity contribution in [1.29, 1.82) is 0 Å². The zero-order chi connectivity index (χ0) is 21.8. The van der Waals surface area contributed by atoms with E-state index in [0.29, 0.717) is 5.56 Å². The maximum Gasteiger partial charge on any atom is 0.339 e. The van der Waals surface area contributed by atoms with Crippen molar-refractivity contribution in [3.8, 4) is 0 Å². The molecule has 0 amide bonds. The van der Waals surface area contributed by atoms with Crippen molar-refractivity contribution in [2.24, 2.45) is 0 Å². The van der Waals surface area contributed by atoms with Gasteiger partial charge in [0.2, 0.25) is 0 Å². The molecule has 0 aliphatic rings. The van der Waals surface area contributed by atoms with Crippen LogP contribution in [0.3, 0.4) is 0 Å². The number of carbonyl (C=O) groups excluding carboxylic acids is 3. The molecule has 1 N–H and O–H groups in total. The van der Waals surface area contributed by atoms with Gasteiger partial charge in [0, 0.05) is 0 Å². The van der Waals surface area contributed by atoms with Gasteiger partial charge in [-0.15, -0.1) is 0 Å². The third kappa shape index (κ3) is 4.72. The minimum absolute atomic E-state index is 0.0250. The van der Waals surface area contributed by atoms with Crippen LogP contribution >= 0.6 is 0 Å². The molecule has 29 heavy (non-hydrogen) atoms. The second kappa shape index (κ2) is 8.74. The van der Waals surface area contributed by atoms with Gasteiger partial charge in [-0.1, -0.05) is 6.07 Å². The van der Waals surface area contributed by atoms with Crippen molar-refractivity contribution >= 4 is 33.6 Å². The van der Waals surface area contributed by atoms with Crippen molar-refractivity contribution < 1.29 is 37.0 Å². The van der Waals surface area contributed by atoms with Crippen LogP contribution < -0.4 is 4.72 Å². The number of hydrogen-bond acceptors (Lipinski definition) is 8. The minimum atomic E-state index is -4.23. The van der Waals surface area contributed by atoms with Crippen molar-refractivity contribution in [2.45, 2.75) is 11.8 Å². The summed E-state index contributed by atoms with van der Waals surface area (Å²) in [6.07, 6.45) is 0. The first-order valence-corrected chi connectivity index (χ1v) is 9.65. The molecule has 0 unspecified atom stereocenters. The standard InChI is InChI=1S/C19H19NO8S/c1-11-5-7-13(10-15(11)19(23)28-4)29(24,25)20-16-9-12(17(21)26-2)6-8-14(16)18(22)27-3/h5-10,20H,1-4H3. The van der Waals surface area contributed by atoms with Gasteiger partial charge in [-0.2, -0.15) is 0 Å². The van der Waals surface area contributed by atoms with Crippen molar-refractivity contribution in [1.82, 2.24) is 0 Å². The Labute approximate surface area is 167 Å². The van der Waals surface area contributed by atoms with E-state index in [1.807, 2.05) is 0 Å². The lowest BCUT2D eigenvalue weighted by atomic mass is 10.1. The van der Waals surface area contributed by atoms with Crippen LogP contribution in [0, 0.1) is 6.92 Å². The lowest BCUT2D eigenvalue weighted by molar-refractivity contribution is 0.0587. The number of sulfonamides is 1. The summed E-state index contributed by atoms with van der Waals surface area (Å²) in [6.45, 7) is 1.63. The zero-order valence-electron chi connectivity index (χ0n) is 16.1. The summed E-state index contributed by atoms with van der Waals surface area (Å²) in [4.78, 5) is 35.4. The monoisotopic (exact) mass is 421 g/mol. The Balaban J connectivity index is 2.55. The molecular weight excluding hydrogens is 402 g/mol. The largest absolute Gasteiger partial charge is 0.465 e. The predicted octanol–water partition coefficient (Wildman–Crippen LogP) is 2.16. The Kier molecular flexibility index (Phi) is 6.60. The quantitative estimate of drug-likeness (QED) is 0.556. The van der Waals surface area contributed by atoms with E-state index in [4.69, 9.17) is 0 Å². The highest BCUT2D eigenvalue weighted by Gasteiger charge is 2.23. The maximum atomic E-state index is 12.9. The number of rotatable bonds is 6. The Morgan fingerprint density at radius 3 is 1.97 bits per heavy atom. The van der Waals surface area contributed by atoms with Gasteiger partial charge in [-0.05, 0) is 42.8 Å². The molecule has 10 heteroatoms. The van der Waals surface area contributed by atoms with E-state index < -0.39 is 27.9 Å². The highest BCUT2D eigenvalue weighted by Crippen LogP contribution is 2.24. The van der Waals surface area contributed by atoms with Crippen LogP contribution in [0.4, 0.5) is 5.69 Å². The van der Waals surface area contributed by atoms with Crippen molar-refractivity contribution in [2.75, 3.05) is 26.1 Å². The molecule has 0 aliphatic carbocycles. The van der Waals surface area contributed by atoms with Crippen LogP contribution in [0.2, 0.25) is 0 Å². The highest BCUT2D eigenvalue weighted by molar-refractivity contribution is 7.92. The Bertz CT molecular complexity index is 1080. The van der Waals surface area contributed by atoms with Crippen LogP contribution in [0.15, 0.2) is 41.3 Å². The van der Waals surface area contributed by atoms with Gasteiger partial charge in [0.25, 0.3) is 10.0 Å². The predicted molar refractivity (Wildman–Crippen MR) is 102 cm³/mol. The summed E-state index contributed by atoms with van der Waals surface area (Å²) in [5.74, 6) is -2.22. The summed E-state index contributed by atoms with van der Waals surface area (Å²) < 4.78 is 41.9. The third-order valence-electron chi connectivity index (χ3n) is 4.01. The molecule has 0 fully saturated rings. The number of anilines is 1. The number of hydrogen-bond donors (Lipinski definition) is 1. The van der Waals surface area contributed by atoms with E-state index in [1.54, 1.807) is 6.92 Å². The van der Waals surface area contributed by atoms with Gasteiger partial charge >= 0.3 is 17.9 Å². The Morgan fingerprint density at radius 2 is 1.38 bits per heavy atom. The average molecular weight is 421 g/mol. The van der Waals surface area contributed by atoms with E-state index in [2.05, 4.69) is 18.9 Å². The molecule has 0 atom stereocenters. The summed E-state index contributed by atoms with van der Waals surface area (Å²) in [6, 6.07) is 7.61. The highest BCUT2D eigenvalue weighted by atomic mass is 32.2. The molecule has 2 aromatic rings. The molecule has 2 rings (SSSR count). The zero-order valence-corrected chi connectivity index (χ0v) is 17.0. The molecule has 0 heterocycles. The van der Waals surface area contributed by atoms with Gasteiger partial charge in [0.05, 0.1) is 48.6 Å². The van der Waals surface area contributed by atoms with Gasteiger partial charge in [0.15, 0.2) is 0 Å². The Hall–Kier alpha value is -3.40. The smallest absolute Gasteiger partial charge is 0.339 e. The molecule has 0 saturated carbocycles. The second-order valence-corrected chi connectivity index (χ2v) is 7.50. The summed E-state index contributed by atoms with van der Waals surface area (Å²) in [5.41, 5.74) is 0.339. The first-order valence-electron chi connectivity index (χ1n) is 8.17. The average Bonchev–Trinajstić information content (AvgIpc) is 2.71. The number of carbonyl (C=O) groups is 3. The topological polar surface area (TPSA) is 125 Å². The van der Waals surface area contributed by atoms with E-state index in [1.165, 1.54) is 38.5 Å². The fourth-order valence-corrected chi connectivity index (χ4v) is 3.56. The number of benzene rings is 2. The number of ether oxygens (including phenoxy) is 3. The number of methoxy groups -OCH3 is 3. The first-order chi connectivity index (χ1) is 13.6. The second-order valence-electron chi connectivity index (χ2n) is 5.82. The fraction of sp³-hybridized carbons (Fsp3) is 0.211. The SMILES string of the molecule is COC(=O)c1ccc(C(=O)OC)c(NS(=O)(=O)c2ccc(C)c(C(=O)OC)c2)c1. The van der Waals surface area contributed by atoms with E-state index in [9.17, 15) is 22.8 Å². The minimum Gasteiger partial charge on any atom is -0.465 e. The molecule has 0 spiro atoms. The summed E-state index contributed by atoms with van der Waals surface area (Å²) >= 11 is 0. The first kappa shape index (κ1) is 21.9.